The van der Waals surface area contributed by atoms with Gasteiger partial charge in [-0.2, -0.15) is 0 Å². The number of benzene rings is 15. The largest absolute Gasteiger partial charge is 0.309 e. The third-order valence-electron chi connectivity index (χ3n) is 19.5. The molecule has 0 aliphatic heterocycles. The van der Waals surface area contributed by atoms with Gasteiger partial charge in [-0.15, -0.1) is 0 Å². The fourth-order valence-corrected chi connectivity index (χ4v) is 25.6. The highest BCUT2D eigenvalue weighted by Gasteiger charge is 2.39. The van der Waals surface area contributed by atoms with Crippen molar-refractivity contribution in [2.45, 2.75) is 12.8 Å². The monoisotopic (exact) mass is 1390 g/mol. The van der Waals surface area contributed by atoms with Gasteiger partial charge in [0.15, 0.2) is 28.6 Å². The van der Waals surface area contributed by atoms with Gasteiger partial charge in [0.25, 0.3) is 0 Å². The molecule has 1 aliphatic rings. The molecule has 0 atom stereocenters. The first-order valence-corrected chi connectivity index (χ1v) is 41.2. The molecule has 0 spiro atoms. The molecule has 0 saturated heterocycles. The highest BCUT2D eigenvalue weighted by atomic mass is 31.2. The Hall–Kier alpha value is -11.0. The van der Waals surface area contributed by atoms with Gasteiger partial charge in [-0.1, -0.05) is 413 Å². The Morgan fingerprint density at radius 2 is 0.275 bits per heavy atom. The van der Waals surface area contributed by atoms with Crippen molar-refractivity contribution in [2.75, 3.05) is 0 Å². The van der Waals surface area contributed by atoms with Crippen molar-refractivity contribution in [1.82, 2.24) is 0 Å². The van der Waals surface area contributed by atoms with E-state index >= 15 is 18.3 Å². The van der Waals surface area contributed by atoms with Crippen LogP contribution in [0.3, 0.4) is 0 Å². The van der Waals surface area contributed by atoms with Crippen LogP contribution in [0.25, 0.3) is 66.3 Å². The molecule has 0 amide bonds. The van der Waals surface area contributed by atoms with E-state index in [1.165, 1.54) is 0 Å². The lowest BCUT2D eigenvalue weighted by Gasteiger charge is -2.29. The van der Waals surface area contributed by atoms with Crippen molar-refractivity contribution < 1.29 is 18.3 Å². The Bertz CT molecular complexity index is 5090. The Balaban J connectivity index is 0.000000188. The second-order valence-electron chi connectivity index (χ2n) is 25.5. The van der Waals surface area contributed by atoms with Gasteiger partial charge in [0.05, 0.1) is 0 Å². The van der Waals surface area contributed by atoms with Gasteiger partial charge < -0.3 is 18.3 Å². The summed E-state index contributed by atoms with van der Waals surface area (Å²) in [5, 5.41) is 11.7. The number of hydrogen-bond acceptors (Lipinski definition) is 4. The standard InChI is InChI=1S/C60H44O2P2.C34H28O2P2/c61-63(55-33-21-49(22-34-55)45-13-5-1-6-14-45,56-35-23-50(24-36-56)46-15-7-2-8-16-46)59-41-29-53(30-42-59)54-31-43-60(44-32-54)64(62,57-37-25-51(26-38-57)47-17-9-3-10-18-47)58-39-27-52(28-40-58)48-19-11-4-12-20-48;35-37(27-15-5-1-6-16-27,28-17-7-2-8-18-28)33-25-26-34(32-24-14-13-23-31(32)33)38(36,29-19-9-3-10-20-29)30-21-11-4-12-22-30/h1-44H;1-24H,25-26H2. The predicted octanol–water partition coefficient (Wildman–Crippen LogP) is 19.0. The smallest absolute Gasteiger partial charge is 0.171 e. The minimum atomic E-state index is -3.29. The minimum Gasteiger partial charge on any atom is -0.309 e. The van der Waals surface area contributed by atoms with E-state index in [9.17, 15) is 0 Å². The highest BCUT2D eigenvalue weighted by Crippen LogP contribution is 2.60. The summed E-state index contributed by atoms with van der Waals surface area (Å²) < 4.78 is 62.1. The van der Waals surface area contributed by atoms with Gasteiger partial charge in [-0.3, -0.25) is 0 Å². The van der Waals surface area contributed by atoms with Crippen molar-refractivity contribution in [3.8, 4) is 55.6 Å². The second kappa shape index (κ2) is 29.6. The highest BCUT2D eigenvalue weighted by molar-refractivity contribution is 7.88. The number of fused-ring (bicyclic) bond motifs is 1. The fourth-order valence-electron chi connectivity index (χ4n) is 14.2. The predicted molar refractivity (Wildman–Crippen MR) is 434 cm³/mol. The Labute approximate surface area is 597 Å². The molecule has 15 aromatic carbocycles. The lowest BCUT2D eigenvalue weighted by molar-refractivity contribution is 0.590. The molecule has 0 unspecified atom stereocenters. The van der Waals surface area contributed by atoms with Crippen LogP contribution in [0.4, 0.5) is 0 Å². The molecule has 8 heteroatoms. The molecule has 0 saturated carbocycles. The van der Waals surface area contributed by atoms with E-state index in [0.29, 0.717) is 12.8 Å². The molecule has 1 aliphatic carbocycles. The van der Waals surface area contributed by atoms with Gasteiger partial charge in [-0.05, 0) is 78.9 Å². The van der Waals surface area contributed by atoms with Crippen LogP contribution in [0.2, 0.25) is 0 Å². The summed E-state index contributed by atoms with van der Waals surface area (Å²) in [5.74, 6) is 0. The summed E-state index contributed by atoms with van der Waals surface area (Å²) in [6, 6.07) is 137. The molecule has 0 fully saturated rings. The van der Waals surface area contributed by atoms with Gasteiger partial charge in [0.1, 0.15) is 0 Å². The van der Waals surface area contributed by atoms with Gasteiger partial charge in [0, 0.05) is 63.7 Å². The number of rotatable bonds is 17. The normalized spacial score (nSPS) is 12.4. The van der Waals surface area contributed by atoms with Crippen LogP contribution >= 0.6 is 28.6 Å². The summed E-state index contributed by atoms with van der Waals surface area (Å²) in [6.45, 7) is 0. The molecule has 0 heterocycles. The molecule has 4 nitrogen and oxygen atoms in total. The van der Waals surface area contributed by atoms with Gasteiger partial charge in [-0.25, -0.2) is 0 Å². The first-order valence-electron chi connectivity index (χ1n) is 34.4. The zero-order valence-corrected chi connectivity index (χ0v) is 59.7. The molecule has 16 rings (SSSR count). The Kier molecular flexibility index (Phi) is 19.4. The van der Waals surface area contributed by atoms with Crippen LogP contribution in [0, 0.1) is 0 Å². The summed E-state index contributed by atoms with van der Waals surface area (Å²) in [7, 11) is -12.9. The van der Waals surface area contributed by atoms with E-state index in [4.69, 9.17) is 0 Å². The maximum absolute atomic E-state index is 15.8. The topological polar surface area (TPSA) is 68.3 Å². The van der Waals surface area contributed by atoms with Crippen LogP contribution < -0.4 is 63.5 Å². The molecule has 15 aromatic rings. The van der Waals surface area contributed by atoms with E-state index < -0.39 is 28.6 Å². The van der Waals surface area contributed by atoms with Gasteiger partial charge >= 0.3 is 0 Å². The van der Waals surface area contributed by atoms with Crippen LogP contribution in [-0.2, 0) is 18.3 Å². The van der Waals surface area contributed by atoms with E-state index in [1.807, 2.05) is 279 Å². The molecular formula is C94H72O4P4. The zero-order chi connectivity index (χ0) is 69.4. The van der Waals surface area contributed by atoms with Gasteiger partial charge in [0.2, 0.25) is 0 Å². The van der Waals surface area contributed by atoms with Crippen molar-refractivity contribution in [3.63, 3.8) is 0 Å². The average Bonchev–Trinajstić information content (AvgIpc) is 0.721. The lowest BCUT2D eigenvalue weighted by atomic mass is 10.1. The molecule has 0 aromatic heterocycles. The van der Waals surface area contributed by atoms with E-state index in [2.05, 4.69) is 133 Å². The second-order valence-corrected chi connectivity index (χ2v) is 36.6. The third-order valence-corrected chi connectivity index (χ3v) is 32.2. The number of hydrogen-bond donors (Lipinski definition) is 0. The minimum absolute atomic E-state index is 0.580. The van der Waals surface area contributed by atoms with Crippen molar-refractivity contribution in [1.29, 1.82) is 0 Å². The quantitative estimate of drug-likeness (QED) is 0.0852. The molecule has 102 heavy (non-hydrogen) atoms. The first-order chi connectivity index (χ1) is 50.1. The lowest BCUT2D eigenvalue weighted by Crippen LogP contribution is -2.36. The van der Waals surface area contributed by atoms with E-state index in [-0.39, 0.29) is 0 Å². The summed E-state index contributed by atoms with van der Waals surface area (Å²) >= 11 is 0. The van der Waals surface area contributed by atoms with Crippen molar-refractivity contribution >= 4 is 92.2 Å². The zero-order valence-electron chi connectivity index (χ0n) is 56.1. The third kappa shape index (κ3) is 13.1. The van der Waals surface area contributed by atoms with E-state index in [1.54, 1.807) is 0 Å². The summed E-state index contributed by atoms with van der Waals surface area (Å²) in [5.41, 5.74) is 10.7. The fraction of sp³-hybridized carbons (Fsp3) is 0.0213. The van der Waals surface area contributed by atoms with Crippen molar-refractivity contribution in [2.24, 2.45) is 0 Å². The molecule has 0 radical (unpaired) electrons. The van der Waals surface area contributed by atoms with Crippen LogP contribution in [-0.4, -0.2) is 0 Å². The maximum atomic E-state index is 15.8. The first kappa shape index (κ1) is 66.8. The van der Waals surface area contributed by atoms with Crippen LogP contribution in [0.1, 0.15) is 12.8 Å². The van der Waals surface area contributed by atoms with E-state index in [0.717, 1.165) is 130 Å². The molecular weight excluding hydrogens is 1320 g/mol. The maximum Gasteiger partial charge on any atom is 0.171 e. The summed E-state index contributed by atoms with van der Waals surface area (Å²) in [6.07, 6.45) is 1.16. The van der Waals surface area contributed by atoms with Crippen molar-refractivity contribution in [3.05, 3.63) is 423 Å². The Morgan fingerprint density at radius 3 is 0.451 bits per heavy atom. The van der Waals surface area contributed by atoms with Crippen LogP contribution in [0.5, 0.6) is 0 Å². The average molecular weight is 1390 g/mol. The Morgan fingerprint density at radius 1 is 0.137 bits per heavy atom. The molecule has 0 N–H and O–H groups in total. The molecule has 0 bridgehead atoms. The SMILES string of the molecule is O=P(C1=c2ccccc2=C(P(=O)(c2ccccc2)c2ccccc2)CC1)(c1ccccc1)c1ccccc1.O=P(c1ccc(-c2ccccc2)cc1)(c1ccc(-c2ccccc2)cc1)c1ccc(-c2ccc(P(=O)(c3ccc(-c4ccccc4)cc3)c3ccc(-c4ccccc4)cc3)cc2)cc1. The van der Waals surface area contributed by atoms with Crippen LogP contribution in [0.15, 0.2) is 413 Å². The molecule has 492 valence electrons. The summed E-state index contributed by atoms with van der Waals surface area (Å²) in [4.78, 5) is 0.